The minimum absolute atomic E-state index is 0.0554. The molecule has 1 unspecified atom stereocenters. The second kappa shape index (κ2) is 9.94. The number of anilines is 1. The number of hydrogen-bond acceptors (Lipinski definition) is 3. The first kappa shape index (κ1) is 22.1. The summed E-state index contributed by atoms with van der Waals surface area (Å²) in [5, 5.41) is 5.41. The molecular formula is C25H27N3O3. The highest BCUT2D eigenvalue weighted by Crippen LogP contribution is 2.25. The summed E-state index contributed by atoms with van der Waals surface area (Å²) in [5.74, 6) is 1.95. The van der Waals surface area contributed by atoms with Gasteiger partial charge in [-0.15, -0.1) is 6.42 Å². The minimum Gasteiger partial charge on any atom is -0.345 e. The van der Waals surface area contributed by atoms with Crippen LogP contribution in [0.3, 0.4) is 0 Å². The normalized spacial score (nSPS) is 15.0. The molecule has 0 fully saturated rings. The van der Waals surface area contributed by atoms with E-state index in [1.165, 1.54) is 0 Å². The number of nitrogens with zero attached hydrogens (tertiary/aromatic N) is 1. The molecule has 31 heavy (non-hydrogen) atoms. The van der Waals surface area contributed by atoms with Crippen molar-refractivity contribution < 1.29 is 14.4 Å². The first-order valence-corrected chi connectivity index (χ1v) is 10.4. The Morgan fingerprint density at radius 2 is 1.87 bits per heavy atom. The van der Waals surface area contributed by atoms with Crippen molar-refractivity contribution in [3.05, 3.63) is 65.2 Å². The zero-order valence-corrected chi connectivity index (χ0v) is 17.9. The molecule has 3 amide bonds. The number of carbonyl (C=O) groups is 3. The van der Waals surface area contributed by atoms with Crippen molar-refractivity contribution in [2.24, 2.45) is 5.92 Å². The van der Waals surface area contributed by atoms with E-state index in [4.69, 9.17) is 6.42 Å². The standard InChI is InChI=1S/C25H27N3O3/c1-4-18-8-7-11-21(13-18)27-23(29)15-26-25(31)22-14-19-9-5-6-10-20(19)16-28(22)24(30)12-17(2)3/h1,5-11,13,17,22H,12,14-16H2,2-3H3,(H,26,31)(H,27,29). The Labute approximate surface area is 183 Å². The summed E-state index contributed by atoms with van der Waals surface area (Å²) in [6.45, 7) is 4.16. The van der Waals surface area contributed by atoms with Crippen molar-refractivity contribution in [1.29, 1.82) is 0 Å². The topological polar surface area (TPSA) is 78.5 Å². The highest BCUT2D eigenvalue weighted by Gasteiger charge is 2.34. The third-order valence-electron chi connectivity index (χ3n) is 5.19. The van der Waals surface area contributed by atoms with E-state index in [2.05, 4.69) is 16.6 Å². The van der Waals surface area contributed by atoms with E-state index in [0.717, 1.165) is 11.1 Å². The van der Waals surface area contributed by atoms with Crippen molar-refractivity contribution >= 4 is 23.4 Å². The van der Waals surface area contributed by atoms with Crippen LogP contribution in [-0.4, -0.2) is 35.2 Å². The van der Waals surface area contributed by atoms with Gasteiger partial charge in [-0.2, -0.15) is 0 Å². The Hall–Kier alpha value is -3.59. The molecule has 0 bridgehead atoms. The van der Waals surface area contributed by atoms with Gasteiger partial charge < -0.3 is 15.5 Å². The number of terminal acetylenes is 1. The molecule has 160 valence electrons. The maximum absolute atomic E-state index is 13.0. The lowest BCUT2D eigenvalue weighted by molar-refractivity contribution is -0.142. The Morgan fingerprint density at radius 1 is 1.13 bits per heavy atom. The van der Waals surface area contributed by atoms with Crippen LogP contribution in [0.1, 0.15) is 37.0 Å². The van der Waals surface area contributed by atoms with Crippen LogP contribution in [0.2, 0.25) is 0 Å². The summed E-state index contributed by atoms with van der Waals surface area (Å²) in [7, 11) is 0. The van der Waals surface area contributed by atoms with E-state index in [0.29, 0.717) is 30.6 Å². The molecule has 6 heteroatoms. The van der Waals surface area contributed by atoms with Crippen LogP contribution in [-0.2, 0) is 27.3 Å². The number of fused-ring (bicyclic) bond motifs is 1. The fourth-order valence-electron chi connectivity index (χ4n) is 3.66. The van der Waals surface area contributed by atoms with Gasteiger partial charge in [-0.05, 0) is 35.2 Å². The number of carbonyl (C=O) groups excluding carboxylic acids is 3. The van der Waals surface area contributed by atoms with Crippen LogP contribution in [0.5, 0.6) is 0 Å². The Morgan fingerprint density at radius 3 is 2.58 bits per heavy atom. The molecule has 3 rings (SSSR count). The van der Waals surface area contributed by atoms with Gasteiger partial charge in [-0.25, -0.2) is 0 Å². The molecule has 0 saturated heterocycles. The quantitative estimate of drug-likeness (QED) is 0.710. The summed E-state index contributed by atoms with van der Waals surface area (Å²) in [6, 6.07) is 14.1. The summed E-state index contributed by atoms with van der Waals surface area (Å²) in [5.41, 5.74) is 3.32. The van der Waals surface area contributed by atoms with E-state index < -0.39 is 6.04 Å². The number of hydrogen-bond donors (Lipinski definition) is 2. The lowest BCUT2D eigenvalue weighted by Crippen LogP contribution is -2.53. The predicted molar refractivity (Wildman–Crippen MR) is 120 cm³/mol. The second-order valence-corrected chi connectivity index (χ2v) is 8.10. The third kappa shape index (κ3) is 5.73. The zero-order chi connectivity index (χ0) is 22.4. The molecule has 0 aliphatic carbocycles. The number of benzene rings is 2. The van der Waals surface area contributed by atoms with Crippen LogP contribution in [0.15, 0.2) is 48.5 Å². The summed E-state index contributed by atoms with van der Waals surface area (Å²) in [4.78, 5) is 39.7. The highest BCUT2D eigenvalue weighted by molar-refractivity contribution is 5.96. The van der Waals surface area contributed by atoms with Crippen LogP contribution < -0.4 is 10.6 Å². The van der Waals surface area contributed by atoms with Crippen LogP contribution in [0.25, 0.3) is 0 Å². The number of amides is 3. The summed E-state index contributed by atoms with van der Waals surface area (Å²) >= 11 is 0. The van der Waals surface area contributed by atoms with E-state index in [-0.39, 0.29) is 30.2 Å². The molecule has 0 spiro atoms. The first-order valence-electron chi connectivity index (χ1n) is 10.4. The molecule has 1 heterocycles. The van der Waals surface area contributed by atoms with E-state index in [1.54, 1.807) is 29.2 Å². The molecular weight excluding hydrogens is 390 g/mol. The molecule has 0 aromatic heterocycles. The van der Waals surface area contributed by atoms with Crippen molar-refractivity contribution in [2.75, 3.05) is 11.9 Å². The van der Waals surface area contributed by atoms with Crippen LogP contribution >= 0.6 is 0 Å². The van der Waals surface area contributed by atoms with Gasteiger partial charge in [0.1, 0.15) is 6.04 Å². The minimum atomic E-state index is -0.640. The number of nitrogens with one attached hydrogen (secondary N) is 2. The molecule has 0 saturated carbocycles. The monoisotopic (exact) mass is 417 g/mol. The van der Waals surface area contributed by atoms with Gasteiger partial charge in [0.2, 0.25) is 17.7 Å². The highest BCUT2D eigenvalue weighted by atomic mass is 16.2. The molecule has 6 nitrogen and oxygen atoms in total. The molecule has 2 aromatic rings. The molecule has 1 aliphatic rings. The van der Waals surface area contributed by atoms with Gasteiger partial charge >= 0.3 is 0 Å². The summed E-state index contributed by atoms with van der Waals surface area (Å²) < 4.78 is 0. The van der Waals surface area contributed by atoms with Gasteiger partial charge in [-0.3, -0.25) is 14.4 Å². The second-order valence-electron chi connectivity index (χ2n) is 8.10. The fourth-order valence-corrected chi connectivity index (χ4v) is 3.66. The van der Waals surface area contributed by atoms with E-state index >= 15 is 0 Å². The van der Waals surface area contributed by atoms with Gasteiger partial charge in [0.15, 0.2) is 0 Å². The van der Waals surface area contributed by atoms with E-state index in [9.17, 15) is 14.4 Å². The molecule has 1 atom stereocenters. The fraction of sp³-hybridized carbons (Fsp3) is 0.320. The Balaban J connectivity index is 1.66. The van der Waals surface area contributed by atoms with Crippen LogP contribution in [0.4, 0.5) is 5.69 Å². The Kier molecular flexibility index (Phi) is 7.09. The van der Waals surface area contributed by atoms with Gasteiger partial charge in [0.05, 0.1) is 6.54 Å². The maximum Gasteiger partial charge on any atom is 0.243 e. The number of rotatable bonds is 6. The van der Waals surface area contributed by atoms with Crippen molar-refractivity contribution in [1.82, 2.24) is 10.2 Å². The lowest BCUT2D eigenvalue weighted by atomic mass is 9.92. The Bertz CT molecular complexity index is 1020. The summed E-state index contributed by atoms with van der Waals surface area (Å²) in [6.07, 6.45) is 6.18. The third-order valence-corrected chi connectivity index (χ3v) is 5.19. The molecule has 0 radical (unpaired) electrons. The van der Waals surface area contributed by atoms with Crippen LogP contribution in [0, 0.1) is 18.3 Å². The van der Waals surface area contributed by atoms with Gasteiger partial charge in [-0.1, -0.05) is 50.1 Å². The molecule has 1 aliphatic heterocycles. The van der Waals surface area contributed by atoms with E-state index in [1.807, 2.05) is 38.1 Å². The molecule has 2 aromatic carbocycles. The zero-order valence-electron chi connectivity index (χ0n) is 17.9. The average Bonchev–Trinajstić information content (AvgIpc) is 2.76. The smallest absolute Gasteiger partial charge is 0.243 e. The molecule has 2 N–H and O–H groups in total. The average molecular weight is 418 g/mol. The van der Waals surface area contributed by atoms with Gasteiger partial charge in [0, 0.05) is 30.6 Å². The van der Waals surface area contributed by atoms with Crippen molar-refractivity contribution in [3.63, 3.8) is 0 Å². The van der Waals surface area contributed by atoms with Crippen molar-refractivity contribution in [3.8, 4) is 12.3 Å². The largest absolute Gasteiger partial charge is 0.345 e. The maximum atomic E-state index is 13.0. The van der Waals surface area contributed by atoms with Crippen molar-refractivity contribution in [2.45, 2.75) is 39.3 Å². The SMILES string of the molecule is C#Cc1cccc(NC(=O)CNC(=O)C2Cc3ccccc3CN2C(=O)CC(C)C)c1. The lowest BCUT2D eigenvalue weighted by Gasteiger charge is -2.36. The predicted octanol–water partition coefficient (Wildman–Crippen LogP) is 2.72. The first-order chi connectivity index (χ1) is 14.9. The van der Waals surface area contributed by atoms with Gasteiger partial charge in [0.25, 0.3) is 0 Å².